The number of furan rings is 1. The number of benzene rings is 1. The summed E-state index contributed by atoms with van der Waals surface area (Å²) in [6.07, 6.45) is 2.79. The Hall–Kier alpha value is -2.65. The van der Waals surface area contributed by atoms with Crippen LogP contribution in [0.25, 0.3) is 0 Å². The lowest BCUT2D eigenvalue weighted by atomic mass is 9.94. The molecule has 0 spiro atoms. The van der Waals surface area contributed by atoms with E-state index in [1.807, 2.05) is 23.1 Å². The van der Waals surface area contributed by atoms with Crippen molar-refractivity contribution in [1.82, 2.24) is 4.31 Å². The zero-order valence-corrected chi connectivity index (χ0v) is 18.3. The third-order valence-corrected chi connectivity index (χ3v) is 7.60. The van der Waals surface area contributed by atoms with Crippen LogP contribution in [0.2, 0.25) is 0 Å². The van der Waals surface area contributed by atoms with Crippen LogP contribution in [-0.4, -0.2) is 50.8 Å². The van der Waals surface area contributed by atoms with E-state index in [0.29, 0.717) is 19.4 Å². The fourth-order valence-corrected chi connectivity index (χ4v) is 5.61. The van der Waals surface area contributed by atoms with Crippen molar-refractivity contribution in [2.75, 3.05) is 31.1 Å². The number of fused-ring (bicyclic) bond motifs is 1. The van der Waals surface area contributed by atoms with E-state index in [1.54, 1.807) is 6.92 Å². The number of nitrogens with zero attached hydrogens (tertiary/aromatic N) is 2. The number of piperidine rings is 1. The quantitative estimate of drug-likeness (QED) is 0.655. The molecule has 2 aromatic rings. The Labute approximate surface area is 181 Å². The number of rotatable bonds is 5. The number of hydrogen-bond acceptors (Lipinski definition) is 6. The highest BCUT2D eigenvalue weighted by molar-refractivity contribution is 7.89. The molecular formula is C22H26N2O6S. The van der Waals surface area contributed by atoms with E-state index in [9.17, 15) is 18.0 Å². The van der Waals surface area contributed by atoms with Gasteiger partial charge in [-0.2, -0.15) is 4.31 Å². The van der Waals surface area contributed by atoms with Gasteiger partial charge in [0, 0.05) is 31.2 Å². The summed E-state index contributed by atoms with van der Waals surface area (Å²) in [7, 11) is -3.88. The molecular weight excluding hydrogens is 420 g/mol. The van der Waals surface area contributed by atoms with E-state index >= 15 is 0 Å². The number of aryl methyl sites for hydroxylation is 1. The highest BCUT2D eigenvalue weighted by Crippen LogP contribution is 2.31. The van der Waals surface area contributed by atoms with Crippen molar-refractivity contribution in [1.29, 1.82) is 0 Å². The highest BCUT2D eigenvalue weighted by Gasteiger charge is 2.36. The molecule has 0 bridgehead atoms. The Bertz CT molecular complexity index is 1070. The summed E-state index contributed by atoms with van der Waals surface area (Å²) in [5, 5.41) is -0.287. The zero-order chi connectivity index (χ0) is 22.0. The van der Waals surface area contributed by atoms with Crippen LogP contribution in [0.15, 0.2) is 45.9 Å². The SMILES string of the molecule is CCOC(=O)c1ccc(S(=O)(=O)N2CCC(C(=O)N3CCCc4ccccc43)CC2)o1. The van der Waals surface area contributed by atoms with Gasteiger partial charge in [0.05, 0.1) is 6.61 Å². The molecule has 0 radical (unpaired) electrons. The first-order valence-electron chi connectivity index (χ1n) is 10.6. The van der Waals surface area contributed by atoms with Gasteiger partial charge in [-0.05, 0) is 56.4 Å². The number of para-hydroxylation sites is 1. The van der Waals surface area contributed by atoms with Crippen LogP contribution >= 0.6 is 0 Å². The molecule has 0 atom stereocenters. The minimum absolute atomic E-state index is 0.0618. The first-order chi connectivity index (χ1) is 14.9. The molecule has 9 heteroatoms. The lowest BCUT2D eigenvalue weighted by Gasteiger charge is -2.35. The van der Waals surface area contributed by atoms with Crippen molar-refractivity contribution >= 4 is 27.6 Å². The molecule has 1 aromatic carbocycles. The second-order valence-corrected chi connectivity index (χ2v) is 9.61. The van der Waals surface area contributed by atoms with Crippen LogP contribution in [-0.2, 0) is 26.0 Å². The zero-order valence-electron chi connectivity index (χ0n) is 17.5. The number of ether oxygens (including phenoxy) is 1. The summed E-state index contributed by atoms with van der Waals surface area (Å²) < 4.78 is 37.2. The Balaban J connectivity index is 1.42. The fraction of sp³-hybridized carbons (Fsp3) is 0.455. The summed E-state index contributed by atoms with van der Waals surface area (Å²) in [5.41, 5.74) is 2.15. The van der Waals surface area contributed by atoms with E-state index < -0.39 is 16.0 Å². The number of carbonyl (C=O) groups is 2. The Morgan fingerprint density at radius 2 is 1.84 bits per heavy atom. The normalized spacial score (nSPS) is 17.9. The van der Waals surface area contributed by atoms with Crippen LogP contribution in [0.3, 0.4) is 0 Å². The molecule has 1 aromatic heterocycles. The third-order valence-electron chi connectivity index (χ3n) is 5.83. The first-order valence-corrected chi connectivity index (χ1v) is 12.0. The van der Waals surface area contributed by atoms with Gasteiger partial charge < -0.3 is 14.1 Å². The molecule has 8 nitrogen and oxygen atoms in total. The number of hydrogen-bond donors (Lipinski definition) is 0. The van der Waals surface area contributed by atoms with Gasteiger partial charge in [-0.25, -0.2) is 13.2 Å². The topological polar surface area (TPSA) is 97.1 Å². The molecule has 1 saturated heterocycles. The van der Waals surface area contributed by atoms with E-state index in [0.717, 1.165) is 18.5 Å². The molecule has 31 heavy (non-hydrogen) atoms. The molecule has 3 heterocycles. The first kappa shape index (κ1) is 21.6. The van der Waals surface area contributed by atoms with Gasteiger partial charge in [0.25, 0.3) is 10.0 Å². The minimum atomic E-state index is -3.88. The van der Waals surface area contributed by atoms with Gasteiger partial charge in [0.1, 0.15) is 0 Å². The van der Waals surface area contributed by atoms with Crippen molar-refractivity contribution in [3.63, 3.8) is 0 Å². The number of amides is 1. The van der Waals surface area contributed by atoms with Crippen LogP contribution in [0, 0.1) is 5.92 Å². The van der Waals surface area contributed by atoms with Crippen LogP contribution in [0.5, 0.6) is 0 Å². The smallest absolute Gasteiger partial charge is 0.374 e. The summed E-state index contributed by atoms with van der Waals surface area (Å²) >= 11 is 0. The van der Waals surface area contributed by atoms with Crippen molar-refractivity contribution in [2.45, 2.75) is 37.7 Å². The van der Waals surface area contributed by atoms with Crippen LogP contribution in [0.1, 0.15) is 42.3 Å². The summed E-state index contributed by atoms with van der Waals surface area (Å²) in [6, 6.07) is 10.5. The fourth-order valence-electron chi connectivity index (χ4n) is 4.22. The van der Waals surface area contributed by atoms with Gasteiger partial charge in [-0.15, -0.1) is 0 Å². The molecule has 166 valence electrons. The molecule has 0 saturated carbocycles. The van der Waals surface area contributed by atoms with Crippen molar-refractivity contribution in [3.8, 4) is 0 Å². The molecule has 1 amide bonds. The molecule has 0 N–H and O–H groups in total. The maximum absolute atomic E-state index is 13.2. The standard InChI is InChI=1S/C22H26N2O6S/c1-2-29-22(26)19-9-10-20(30-19)31(27,28)23-14-11-17(12-15-23)21(25)24-13-5-7-16-6-3-4-8-18(16)24/h3-4,6,8-10,17H,2,5,7,11-15H2,1H3. The second kappa shape index (κ2) is 8.84. The molecule has 0 unspecified atom stereocenters. The second-order valence-electron chi connectivity index (χ2n) is 7.74. The average Bonchev–Trinajstić information content (AvgIpc) is 3.30. The largest absolute Gasteiger partial charge is 0.460 e. The van der Waals surface area contributed by atoms with Gasteiger partial charge in [-0.1, -0.05) is 18.2 Å². The predicted octanol–water partition coefficient (Wildman–Crippen LogP) is 2.84. The van der Waals surface area contributed by atoms with Gasteiger partial charge >= 0.3 is 5.97 Å². The summed E-state index contributed by atoms with van der Waals surface area (Å²) in [5.74, 6) is -1.000. The lowest BCUT2D eigenvalue weighted by molar-refractivity contribution is -0.123. The predicted molar refractivity (Wildman–Crippen MR) is 113 cm³/mol. The monoisotopic (exact) mass is 446 g/mol. The van der Waals surface area contributed by atoms with E-state index in [4.69, 9.17) is 9.15 Å². The molecule has 2 aliphatic rings. The van der Waals surface area contributed by atoms with Crippen molar-refractivity contribution < 1.29 is 27.2 Å². The summed E-state index contributed by atoms with van der Waals surface area (Å²) in [6.45, 7) is 2.97. The Morgan fingerprint density at radius 3 is 2.58 bits per heavy atom. The molecule has 4 rings (SSSR count). The maximum atomic E-state index is 13.2. The van der Waals surface area contributed by atoms with Crippen LogP contribution < -0.4 is 4.90 Å². The number of sulfonamides is 1. The van der Waals surface area contributed by atoms with Gasteiger partial charge in [0.2, 0.25) is 16.8 Å². The molecule has 1 fully saturated rings. The Morgan fingerprint density at radius 1 is 1.10 bits per heavy atom. The number of anilines is 1. The summed E-state index contributed by atoms with van der Waals surface area (Å²) in [4.78, 5) is 26.8. The minimum Gasteiger partial charge on any atom is -0.460 e. The van der Waals surface area contributed by atoms with Crippen molar-refractivity contribution in [3.05, 3.63) is 47.7 Å². The Kier molecular flexibility index (Phi) is 6.15. The maximum Gasteiger partial charge on any atom is 0.374 e. The van der Waals surface area contributed by atoms with E-state index in [2.05, 4.69) is 6.07 Å². The van der Waals surface area contributed by atoms with E-state index in [1.165, 1.54) is 22.0 Å². The van der Waals surface area contributed by atoms with Gasteiger partial charge in [-0.3, -0.25) is 4.79 Å². The third kappa shape index (κ3) is 4.24. The molecule has 2 aliphatic heterocycles. The number of carbonyl (C=O) groups excluding carboxylic acids is 2. The number of esters is 1. The van der Waals surface area contributed by atoms with Gasteiger partial charge in [0.15, 0.2) is 0 Å². The lowest BCUT2D eigenvalue weighted by Crippen LogP contribution is -2.45. The highest BCUT2D eigenvalue weighted by atomic mass is 32.2. The van der Waals surface area contributed by atoms with Crippen LogP contribution in [0.4, 0.5) is 5.69 Å². The molecule has 0 aliphatic carbocycles. The average molecular weight is 447 g/mol. The van der Waals surface area contributed by atoms with E-state index in [-0.39, 0.29) is 42.4 Å². The van der Waals surface area contributed by atoms with Crippen molar-refractivity contribution in [2.24, 2.45) is 5.92 Å².